The van der Waals surface area contributed by atoms with E-state index >= 15 is 0 Å². The number of aliphatic hydroxyl groups is 1. The van der Waals surface area contributed by atoms with Gasteiger partial charge in [-0.2, -0.15) is 0 Å². The monoisotopic (exact) mass is 728 g/mol. The highest BCUT2D eigenvalue weighted by Gasteiger charge is 2.36. The predicted octanol–water partition coefficient (Wildman–Crippen LogP) is 4.30. The van der Waals surface area contributed by atoms with Gasteiger partial charge in [-0.25, -0.2) is 19.3 Å². The van der Waals surface area contributed by atoms with Crippen molar-refractivity contribution in [1.29, 1.82) is 0 Å². The summed E-state index contributed by atoms with van der Waals surface area (Å²) in [6.07, 6.45) is 0.485. The summed E-state index contributed by atoms with van der Waals surface area (Å²) < 4.78 is 26.0. The number of hydrogen-bond acceptors (Lipinski definition) is 12. The third kappa shape index (κ3) is 15.2. The molecule has 0 fully saturated rings. The van der Waals surface area contributed by atoms with Crippen LogP contribution in [0.15, 0.2) is 17.8 Å². The molecule has 0 saturated carbocycles. The van der Waals surface area contributed by atoms with Gasteiger partial charge < -0.3 is 45.2 Å². The first-order valence-corrected chi connectivity index (χ1v) is 16.3. The molecular formula is C34H53ClN4O11. The molecule has 4 amide bonds. The number of imide groups is 1. The molecule has 0 radical (unpaired) electrons. The van der Waals surface area contributed by atoms with Gasteiger partial charge in [-0.1, -0.05) is 18.0 Å². The molecule has 1 aromatic carbocycles. The number of esters is 1. The summed E-state index contributed by atoms with van der Waals surface area (Å²) in [5.41, 5.74) is 2.81. The number of hydrogen-bond donors (Lipinski definition) is 4. The van der Waals surface area contributed by atoms with E-state index in [4.69, 9.17) is 41.0 Å². The van der Waals surface area contributed by atoms with Gasteiger partial charge in [0.25, 0.3) is 0 Å². The molecule has 0 spiro atoms. The Hall–Kier alpha value is -4.08. The van der Waals surface area contributed by atoms with E-state index in [1.807, 2.05) is 0 Å². The largest absolute Gasteiger partial charge is 0.495 e. The van der Waals surface area contributed by atoms with Gasteiger partial charge in [-0.05, 0) is 92.0 Å². The molecule has 282 valence electrons. The Morgan fingerprint density at radius 2 is 1.40 bits per heavy atom. The molecule has 1 rings (SSSR count). The number of rotatable bonds is 15. The average Bonchev–Trinajstić information content (AvgIpc) is 2.97. The molecule has 0 aliphatic rings. The lowest BCUT2D eigenvalue weighted by molar-refractivity contribution is -0.139. The summed E-state index contributed by atoms with van der Waals surface area (Å²) in [7, 11) is 3.91. The number of halogens is 1. The Morgan fingerprint density at radius 3 is 1.82 bits per heavy atom. The van der Waals surface area contributed by atoms with Crippen LogP contribution in [0.25, 0.3) is 6.08 Å². The molecule has 0 heterocycles. The first kappa shape index (κ1) is 43.9. The van der Waals surface area contributed by atoms with Crippen LogP contribution in [0.3, 0.4) is 0 Å². The van der Waals surface area contributed by atoms with E-state index in [2.05, 4.69) is 10.6 Å². The first-order valence-electron chi connectivity index (χ1n) is 16.0. The van der Waals surface area contributed by atoms with Crippen molar-refractivity contribution in [3.05, 3.63) is 28.4 Å². The van der Waals surface area contributed by atoms with Gasteiger partial charge in [0.15, 0.2) is 0 Å². The number of nitrogens with two attached hydrogens (primary N) is 1. The number of ether oxygens (including phenoxy) is 5. The zero-order valence-corrected chi connectivity index (χ0v) is 31.6. The fourth-order valence-corrected chi connectivity index (χ4v) is 4.55. The Kier molecular flexibility index (Phi) is 16.5. The van der Waals surface area contributed by atoms with Crippen LogP contribution in [0, 0.1) is 0 Å². The number of benzene rings is 1. The van der Waals surface area contributed by atoms with Crippen LogP contribution in [0.2, 0.25) is 5.02 Å². The van der Waals surface area contributed by atoms with E-state index < -0.39 is 58.9 Å². The highest BCUT2D eigenvalue weighted by Crippen LogP contribution is 2.36. The van der Waals surface area contributed by atoms with Crippen molar-refractivity contribution in [2.24, 2.45) is 5.73 Å². The molecule has 2 atom stereocenters. The van der Waals surface area contributed by atoms with Gasteiger partial charge >= 0.3 is 18.2 Å². The van der Waals surface area contributed by atoms with Crippen LogP contribution in [-0.4, -0.2) is 96.7 Å². The van der Waals surface area contributed by atoms with Crippen molar-refractivity contribution in [2.45, 2.75) is 110 Å². The topological polar surface area (TPSA) is 205 Å². The molecule has 0 saturated heterocycles. The Morgan fingerprint density at radius 1 is 0.900 bits per heavy atom. The zero-order chi connectivity index (χ0) is 38.6. The lowest BCUT2D eigenvalue weighted by Gasteiger charge is -2.29. The van der Waals surface area contributed by atoms with Crippen LogP contribution in [-0.2, 0) is 28.6 Å². The molecule has 0 aliphatic carbocycles. The molecule has 0 bridgehead atoms. The van der Waals surface area contributed by atoms with Crippen LogP contribution in [0.4, 0.5) is 9.59 Å². The van der Waals surface area contributed by atoms with Crippen molar-refractivity contribution < 1.29 is 52.8 Å². The second kappa shape index (κ2) is 18.8. The summed E-state index contributed by atoms with van der Waals surface area (Å²) in [6.45, 7) is 12.7. The smallest absolute Gasteiger partial charge is 0.419 e. The number of methoxy groups -OCH3 is 3. The minimum Gasteiger partial charge on any atom is -0.495 e. The quantitative estimate of drug-likeness (QED) is 0.0864. The van der Waals surface area contributed by atoms with Gasteiger partial charge in [0.1, 0.15) is 39.5 Å². The van der Waals surface area contributed by atoms with E-state index in [0.717, 1.165) is 12.0 Å². The highest BCUT2D eigenvalue weighted by molar-refractivity contribution is 6.33. The lowest BCUT2D eigenvalue weighted by Crippen LogP contribution is -2.58. The number of nitrogens with zero attached hydrogens (tertiary/aromatic N) is 1. The molecule has 0 aliphatic heterocycles. The van der Waals surface area contributed by atoms with Crippen LogP contribution in [0.1, 0.15) is 86.6 Å². The van der Waals surface area contributed by atoms with E-state index in [0.29, 0.717) is 24.8 Å². The third-order valence-corrected chi connectivity index (χ3v) is 6.97. The van der Waals surface area contributed by atoms with E-state index in [9.17, 15) is 29.1 Å². The first-order chi connectivity index (χ1) is 22.9. The second-order valence-corrected chi connectivity index (χ2v) is 14.4. The van der Waals surface area contributed by atoms with Crippen LogP contribution >= 0.6 is 11.6 Å². The molecule has 50 heavy (non-hydrogen) atoms. The standard InChI is InChI=1S/C34H53ClN4O11/c1-32(2,3)49-30(43)39(31(44)50-33(4,5)6)15-13-12-14-21(36)19-25(40)38-27(34(7,8)45)28(41)37-22(29(42)48-11)16-20-17-23(46-9)26(35)24(18-20)47-10/h16-18,21,27,45H,12-15,19,36H2,1-11H3,(H,37,41)(H,38,40)/b22-16-/t21-,27+/m0/s1. The molecule has 16 heteroatoms. The van der Waals surface area contributed by atoms with Gasteiger partial charge in [0.05, 0.1) is 26.9 Å². The highest BCUT2D eigenvalue weighted by atomic mass is 35.5. The molecule has 1 aromatic rings. The number of nitrogens with one attached hydrogen (secondary N) is 2. The minimum absolute atomic E-state index is 0.00464. The van der Waals surface area contributed by atoms with Crippen molar-refractivity contribution in [3.8, 4) is 11.5 Å². The van der Waals surface area contributed by atoms with Gasteiger partial charge in [0.2, 0.25) is 11.8 Å². The van der Waals surface area contributed by atoms with E-state index in [-0.39, 0.29) is 35.2 Å². The number of carbonyl (C=O) groups is 5. The molecule has 15 nitrogen and oxygen atoms in total. The summed E-state index contributed by atoms with van der Waals surface area (Å²) in [6, 6.07) is 0.824. The lowest BCUT2D eigenvalue weighted by atomic mass is 9.97. The number of amides is 4. The predicted molar refractivity (Wildman–Crippen MR) is 187 cm³/mol. The number of carbonyl (C=O) groups excluding carboxylic acids is 5. The van der Waals surface area contributed by atoms with Crippen molar-refractivity contribution in [3.63, 3.8) is 0 Å². The normalized spacial score (nSPS) is 13.4. The fraction of sp³-hybridized carbons (Fsp3) is 0.618. The molecule has 5 N–H and O–H groups in total. The third-order valence-electron chi connectivity index (χ3n) is 6.60. The van der Waals surface area contributed by atoms with Crippen molar-refractivity contribution >= 4 is 47.6 Å². The van der Waals surface area contributed by atoms with E-state index in [1.165, 1.54) is 46.3 Å². The van der Waals surface area contributed by atoms with Crippen molar-refractivity contribution in [2.75, 3.05) is 27.9 Å². The van der Waals surface area contributed by atoms with Crippen LogP contribution < -0.4 is 25.8 Å². The van der Waals surface area contributed by atoms with Gasteiger partial charge in [-0.3, -0.25) is 9.59 Å². The van der Waals surface area contributed by atoms with Gasteiger partial charge in [-0.15, -0.1) is 0 Å². The summed E-state index contributed by atoms with van der Waals surface area (Å²) in [5, 5.41) is 15.9. The Labute approximate surface area is 299 Å². The average molecular weight is 729 g/mol. The maximum atomic E-state index is 13.4. The van der Waals surface area contributed by atoms with Crippen LogP contribution in [0.5, 0.6) is 11.5 Å². The summed E-state index contributed by atoms with van der Waals surface area (Å²) in [5.74, 6) is -1.97. The van der Waals surface area contributed by atoms with E-state index in [1.54, 1.807) is 41.5 Å². The summed E-state index contributed by atoms with van der Waals surface area (Å²) >= 11 is 6.23. The maximum absolute atomic E-state index is 13.4. The Balaban J connectivity index is 2.98. The van der Waals surface area contributed by atoms with Crippen molar-refractivity contribution in [1.82, 2.24) is 15.5 Å². The molecule has 0 unspecified atom stereocenters. The fourth-order valence-electron chi connectivity index (χ4n) is 4.29. The summed E-state index contributed by atoms with van der Waals surface area (Å²) in [4.78, 5) is 65.3. The Bertz CT molecular complexity index is 1340. The van der Waals surface area contributed by atoms with Gasteiger partial charge in [0, 0.05) is 19.0 Å². The zero-order valence-electron chi connectivity index (χ0n) is 30.9. The molecule has 0 aromatic heterocycles. The maximum Gasteiger partial charge on any atom is 0.419 e. The minimum atomic E-state index is -1.77. The molecular weight excluding hydrogens is 676 g/mol. The second-order valence-electron chi connectivity index (χ2n) is 14.0. The number of unbranched alkanes of at least 4 members (excludes halogenated alkanes) is 1. The SMILES string of the molecule is COC(=O)/C(=C/c1cc(OC)c(Cl)c(OC)c1)NC(=O)[C@@H](NC(=O)C[C@@H](N)CCCCN(C(=O)OC(C)(C)C)C(=O)OC(C)(C)C)C(C)(C)O.